The van der Waals surface area contributed by atoms with Crippen molar-refractivity contribution in [2.75, 3.05) is 0 Å². The first-order valence-electron chi connectivity index (χ1n) is 6.07. The topological polar surface area (TPSA) is 83.4 Å². The smallest absolute Gasteiger partial charge is 0.267 e. The van der Waals surface area contributed by atoms with Crippen LogP contribution in [-0.4, -0.2) is 22.5 Å². The fourth-order valence-corrected chi connectivity index (χ4v) is 2.86. The average Bonchev–Trinajstić information content (AvgIpc) is 2.69. The molecule has 2 amide bonds. The second-order valence-electron chi connectivity index (χ2n) is 4.47. The molecule has 0 aromatic carbocycles. The Morgan fingerprint density at radius 1 is 1.42 bits per heavy atom. The number of amides is 2. The van der Waals surface area contributed by atoms with E-state index in [2.05, 4.69) is 20.8 Å². The maximum Gasteiger partial charge on any atom is 0.267 e. The van der Waals surface area contributed by atoms with Gasteiger partial charge in [-0.15, -0.1) is 11.3 Å². The van der Waals surface area contributed by atoms with Gasteiger partial charge < -0.3 is 5.32 Å². The quantitative estimate of drug-likeness (QED) is 0.872. The second-order valence-corrected chi connectivity index (χ2v) is 5.71. The molecule has 1 aromatic rings. The van der Waals surface area contributed by atoms with Gasteiger partial charge in [0.05, 0.1) is 16.7 Å². The van der Waals surface area contributed by atoms with Crippen LogP contribution < -0.4 is 10.7 Å². The molecule has 102 valence electrons. The van der Waals surface area contributed by atoms with E-state index >= 15 is 0 Å². The summed E-state index contributed by atoms with van der Waals surface area (Å²) in [6.07, 6.45) is 0.685. The number of nitrogens with one attached hydrogen (secondary N) is 2. The zero-order chi connectivity index (χ0) is 14.0. The van der Waals surface area contributed by atoms with Gasteiger partial charge in [0.25, 0.3) is 5.91 Å². The summed E-state index contributed by atoms with van der Waals surface area (Å²) >= 11 is 1.58. The maximum atomic E-state index is 12.0. The van der Waals surface area contributed by atoms with Crippen LogP contribution in [0.1, 0.15) is 41.4 Å². The molecule has 7 heteroatoms. The summed E-state index contributed by atoms with van der Waals surface area (Å²) in [6.45, 7) is 5.79. The summed E-state index contributed by atoms with van der Waals surface area (Å²) in [4.78, 5) is 28.4. The molecule has 0 spiro atoms. The highest BCUT2D eigenvalue weighted by Crippen LogP contribution is 2.24. The SMILES string of the molecule is Cc1nc(C)c(C(C)NC(=O)C2=NNC(=O)CC2)s1. The Hall–Kier alpha value is -1.76. The lowest BCUT2D eigenvalue weighted by atomic mass is 10.1. The van der Waals surface area contributed by atoms with Crippen LogP contribution in [0.3, 0.4) is 0 Å². The van der Waals surface area contributed by atoms with Gasteiger partial charge in [-0.05, 0) is 20.8 Å². The molecule has 1 aliphatic rings. The minimum absolute atomic E-state index is 0.112. The number of aromatic nitrogens is 1. The van der Waals surface area contributed by atoms with E-state index in [4.69, 9.17) is 0 Å². The van der Waals surface area contributed by atoms with Crippen molar-refractivity contribution in [2.24, 2.45) is 5.10 Å². The third-order valence-electron chi connectivity index (χ3n) is 2.85. The number of aryl methyl sites for hydroxylation is 2. The van der Waals surface area contributed by atoms with Crippen LogP contribution in [0.4, 0.5) is 0 Å². The van der Waals surface area contributed by atoms with Gasteiger partial charge in [-0.3, -0.25) is 9.59 Å². The van der Waals surface area contributed by atoms with Crippen LogP contribution >= 0.6 is 11.3 Å². The van der Waals surface area contributed by atoms with Crippen molar-refractivity contribution in [3.63, 3.8) is 0 Å². The van der Waals surface area contributed by atoms with Crippen molar-refractivity contribution in [3.8, 4) is 0 Å². The molecule has 0 aliphatic carbocycles. The van der Waals surface area contributed by atoms with E-state index in [1.807, 2.05) is 20.8 Å². The van der Waals surface area contributed by atoms with Crippen LogP contribution in [0.25, 0.3) is 0 Å². The molecule has 0 radical (unpaired) electrons. The fourth-order valence-electron chi connectivity index (χ4n) is 1.93. The first-order valence-corrected chi connectivity index (χ1v) is 6.89. The van der Waals surface area contributed by atoms with Gasteiger partial charge in [-0.25, -0.2) is 10.4 Å². The first-order chi connectivity index (χ1) is 8.97. The molecule has 0 saturated carbocycles. The van der Waals surface area contributed by atoms with Crippen molar-refractivity contribution in [2.45, 2.75) is 39.7 Å². The van der Waals surface area contributed by atoms with Crippen LogP contribution in [0, 0.1) is 13.8 Å². The number of hydrogen-bond donors (Lipinski definition) is 2. The third kappa shape index (κ3) is 3.17. The minimum Gasteiger partial charge on any atom is -0.344 e. The molecule has 0 saturated heterocycles. The number of carbonyl (C=O) groups excluding carboxylic acids is 2. The number of carbonyl (C=O) groups is 2. The number of nitrogens with zero attached hydrogens (tertiary/aromatic N) is 2. The number of hydrogen-bond acceptors (Lipinski definition) is 5. The van der Waals surface area contributed by atoms with Crippen LogP contribution in [0.5, 0.6) is 0 Å². The van der Waals surface area contributed by atoms with Gasteiger partial charge in [0.1, 0.15) is 5.71 Å². The Labute approximate surface area is 115 Å². The zero-order valence-corrected chi connectivity index (χ0v) is 11.9. The molecular weight excluding hydrogens is 264 g/mol. The Bertz CT molecular complexity index is 550. The van der Waals surface area contributed by atoms with E-state index in [1.54, 1.807) is 11.3 Å². The van der Waals surface area contributed by atoms with Crippen LogP contribution in [0.15, 0.2) is 5.10 Å². The summed E-state index contributed by atoms with van der Waals surface area (Å²) < 4.78 is 0. The molecule has 0 fully saturated rings. The normalized spacial score (nSPS) is 16.6. The average molecular weight is 280 g/mol. The van der Waals surface area contributed by atoms with Crippen molar-refractivity contribution < 1.29 is 9.59 Å². The van der Waals surface area contributed by atoms with Crippen LogP contribution in [-0.2, 0) is 9.59 Å². The summed E-state index contributed by atoms with van der Waals surface area (Å²) in [5.74, 6) is -0.392. The predicted octanol–water partition coefficient (Wildman–Crippen LogP) is 1.20. The maximum absolute atomic E-state index is 12.0. The molecule has 1 unspecified atom stereocenters. The summed E-state index contributed by atoms with van der Waals surface area (Å²) in [6, 6.07) is -0.112. The van der Waals surface area contributed by atoms with Gasteiger partial charge in [-0.2, -0.15) is 5.10 Å². The van der Waals surface area contributed by atoms with E-state index < -0.39 is 0 Å². The highest BCUT2D eigenvalue weighted by molar-refractivity contribution is 7.11. The monoisotopic (exact) mass is 280 g/mol. The lowest BCUT2D eigenvalue weighted by molar-refractivity contribution is -0.121. The molecular formula is C12H16N4O2S. The minimum atomic E-state index is -0.238. The number of hydrazone groups is 1. The van der Waals surface area contributed by atoms with Gasteiger partial charge in [-0.1, -0.05) is 0 Å². The van der Waals surface area contributed by atoms with Gasteiger partial charge in [0, 0.05) is 17.7 Å². The highest BCUT2D eigenvalue weighted by atomic mass is 32.1. The van der Waals surface area contributed by atoms with Gasteiger partial charge in [0.2, 0.25) is 5.91 Å². The second kappa shape index (κ2) is 5.48. The molecule has 1 aliphatic heterocycles. The number of thiazole rings is 1. The highest BCUT2D eigenvalue weighted by Gasteiger charge is 2.21. The molecule has 1 atom stereocenters. The molecule has 2 N–H and O–H groups in total. The molecule has 2 rings (SSSR count). The Morgan fingerprint density at radius 3 is 2.68 bits per heavy atom. The molecule has 0 bridgehead atoms. The van der Waals surface area contributed by atoms with Gasteiger partial charge >= 0.3 is 0 Å². The Balaban J connectivity index is 2.03. The third-order valence-corrected chi connectivity index (χ3v) is 4.10. The van der Waals surface area contributed by atoms with E-state index in [0.717, 1.165) is 15.6 Å². The van der Waals surface area contributed by atoms with Crippen molar-refractivity contribution in [1.82, 2.24) is 15.7 Å². The van der Waals surface area contributed by atoms with E-state index in [-0.39, 0.29) is 17.9 Å². The number of rotatable bonds is 3. The summed E-state index contributed by atoms with van der Waals surface area (Å²) in [7, 11) is 0. The fraction of sp³-hybridized carbons (Fsp3) is 0.500. The molecule has 19 heavy (non-hydrogen) atoms. The summed E-state index contributed by atoms with van der Waals surface area (Å²) in [5.41, 5.74) is 3.63. The van der Waals surface area contributed by atoms with E-state index in [9.17, 15) is 9.59 Å². The predicted molar refractivity (Wildman–Crippen MR) is 73.0 cm³/mol. The zero-order valence-electron chi connectivity index (χ0n) is 11.1. The lowest BCUT2D eigenvalue weighted by Gasteiger charge is -2.16. The van der Waals surface area contributed by atoms with Crippen molar-refractivity contribution in [3.05, 3.63) is 15.6 Å². The van der Waals surface area contributed by atoms with E-state index in [1.165, 1.54) is 0 Å². The largest absolute Gasteiger partial charge is 0.344 e. The van der Waals surface area contributed by atoms with Crippen molar-refractivity contribution in [1.29, 1.82) is 0 Å². The first kappa shape index (κ1) is 13.7. The Morgan fingerprint density at radius 2 is 2.16 bits per heavy atom. The van der Waals surface area contributed by atoms with Crippen molar-refractivity contribution >= 4 is 28.9 Å². The Kier molecular flexibility index (Phi) is 3.94. The van der Waals surface area contributed by atoms with Crippen LogP contribution in [0.2, 0.25) is 0 Å². The van der Waals surface area contributed by atoms with Gasteiger partial charge in [0.15, 0.2) is 0 Å². The lowest BCUT2D eigenvalue weighted by Crippen LogP contribution is -2.37. The molecule has 2 heterocycles. The molecule has 6 nitrogen and oxygen atoms in total. The standard InChI is InChI=1S/C12H16N4O2S/c1-6-11(19-8(3)13-6)7(2)14-12(18)9-4-5-10(17)16-15-9/h7H,4-5H2,1-3H3,(H,14,18)(H,16,17). The van der Waals surface area contributed by atoms with E-state index in [0.29, 0.717) is 18.6 Å². The summed E-state index contributed by atoms with van der Waals surface area (Å²) in [5, 5.41) is 7.64. The molecule has 1 aromatic heterocycles.